The van der Waals surface area contributed by atoms with Crippen LogP contribution in [-0.4, -0.2) is 61.8 Å². The van der Waals surface area contributed by atoms with Gasteiger partial charge in [0.15, 0.2) is 0 Å². The minimum absolute atomic E-state index is 0.0564. The van der Waals surface area contributed by atoms with E-state index in [1.165, 1.54) is 42.1 Å². The molecule has 6 nitrogen and oxygen atoms in total. The van der Waals surface area contributed by atoms with Gasteiger partial charge in [-0.05, 0) is 44.0 Å². The molecule has 0 unspecified atom stereocenters. The molecule has 3 rings (SSSR count). The van der Waals surface area contributed by atoms with Gasteiger partial charge >= 0.3 is 0 Å². The van der Waals surface area contributed by atoms with Crippen LogP contribution < -0.4 is 5.32 Å². The van der Waals surface area contributed by atoms with Crippen LogP contribution in [-0.2, 0) is 14.8 Å². The van der Waals surface area contributed by atoms with Crippen LogP contribution in [0.1, 0.15) is 45.4 Å². The van der Waals surface area contributed by atoms with Gasteiger partial charge in [0.05, 0.1) is 10.9 Å². The second-order valence-corrected chi connectivity index (χ2v) is 10.1. The van der Waals surface area contributed by atoms with Crippen LogP contribution in [0.2, 0.25) is 5.02 Å². The first-order valence-corrected chi connectivity index (χ1v) is 12.0. The van der Waals surface area contributed by atoms with Gasteiger partial charge in [-0.1, -0.05) is 37.3 Å². The van der Waals surface area contributed by atoms with Crippen molar-refractivity contribution in [3.05, 3.63) is 29.3 Å². The number of rotatable bonds is 5. The first kappa shape index (κ1) is 21.6. The molecule has 1 aliphatic heterocycles. The number of nitrogens with zero attached hydrogens (tertiary/aromatic N) is 2. The third kappa shape index (κ3) is 5.26. The van der Waals surface area contributed by atoms with E-state index in [1.807, 2.05) is 6.92 Å². The summed E-state index contributed by atoms with van der Waals surface area (Å²) < 4.78 is 27.1. The zero-order chi connectivity index (χ0) is 20.1. The van der Waals surface area contributed by atoms with E-state index in [-0.39, 0.29) is 22.9 Å². The van der Waals surface area contributed by atoms with Gasteiger partial charge in [0, 0.05) is 37.2 Å². The summed E-state index contributed by atoms with van der Waals surface area (Å²) in [6.45, 7) is 3.77. The molecular formula is C20H30ClN3O3S. The Labute approximate surface area is 173 Å². The lowest BCUT2D eigenvalue weighted by Gasteiger charge is -2.37. The number of nitrogens with one attached hydrogen (secondary N) is 1. The van der Waals surface area contributed by atoms with Crippen molar-refractivity contribution in [2.75, 3.05) is 26.2 Å². The molecule has 1 aromatic rings. The van der Waals surface area contributed by atoms with Crippen LogP contribution in [0.4, 0.5) is 0 Å². The Morgan fingerprint density at radius 3 is 2.18 bits per heavy atom. The van der Waals surface area contributed by atoms with Crippen LogP contribution in [0, 0.1) is 0 Å². The largest absolute Gasteiger partial charge is 0.352 e. The van der Waals surface area contributed by atoms with Crippen molar-refractivity contribution in [3.8, 4) is 0 Å². The highest BCUT2D eigenvalue weighted by Gasteiger charge is 2.32. The van der Waals surface area contributed by atoms with Crippen molar-refractivity contribution in [3.63, 3.8) is 0 Å². The summed E-state index contributed by atoms with van der Waals surface area (Å²) in [7, 11) is -3.53. The van der Waals surface area contributed by atoms with E-state index >= 15 is 0 Å². The number of halogens is 1. The maximum Gasteiger partial charge on any atom is 0.243 e. The Morgan fingerprint density at radius 2 is 1.61 bits per heavy atom. The number of sulfonamides is 1. The number of hydrogen-bond donors (Lipinski definition) is 1. The monoisotopic (exact) mass is 427 g/mol. The Hall–Kier alpha value is -1.15. The summed E-state index contributed by atoms with van der Waals surface area (Å²) in [6.07, 6.45) is 7.00. The number of amides is 1. The SMILES string of the molecule is C[C@H](C(=O)NC1CCCCCC1)N1CCN(S(=O)(=O)c2ccc(Cl)cc2)CC1. The molecule has 1 saturated carbocycles. The average molecular weight is 428 g/mol. The standard InChI is InChI=1S/C20H30ClN3O3S/c1-16(20(25)22-18-6-4-2-3-5-7-18)23-12-14-24(15-13-23)28(26,27)19-10-8-17(21)9-11-19/h8-11,16,18H,2-7,12-15H2,1H3,(H,22,25)/t16-/m1/s1. The van der Waals surface area contributed by atoms with Gasteiger partial charge in [0.2, 0.25) is 15.9 Å². The van der Waals surface area contributed by atoms with Gasteiger partial charge in [0.1, 0.15) is 0 Å². The van der Waals surface area contributed by atoms with E-state index in [1.54, 1.807) is 12.1 Å². The molecule has 0 radical (unpaired) electrons. The number of piperazine rings is 1. The van der Waals surface area contributed by atoms with Crippen molar-refractivity contribution < 1.29 is 13.2 Å². The van der Waals surface area contributed by atoms with E-state index in [0.29, 0.717) is 31.2 Å². The molecule has 2 fully saturated rings. The number of benzene rings is 1. The summed E-state index contributed by atoms with van der Waals surface area (Å²) in [6, 6.07) is 6.28. The van der Waals surface area contributed by atoms with Gasteiger partial charge in [-0.2, -0.15) is 4.31 Å². The van der Waals surface area contributed by atoms with Crippen molar-refractivity contribution in [2.45, 2.75) is 62.4 Å². The lowest BCUT2D eigenvalue weighted by atomic mass is 10.1. The second-order valence-electron chi connectivity index (χ2n) is 7.77. The Morgan fingerprint density at radius 1 is 1.04 bits per heavy atom. The van der Waals surface area contributed by atoms with Crippen LogP contribution in [0.15, 0.2) is 29.2 Å². The molecule has 8 heteroatoms. The molecule has 1 saturated heterocycles. The molecule has 1 aliphatic carbocycles. The molecule has 0 spiro atoms. The van der Waals surface area contributed by atoms with Crippen molar-refractivity contribution in [2.24, 2.45) is 0 Å². The third-order valence-electron chi connectivity index (χ3n) is 5.85. The number of hydrogen-bond acceptors (Lipinski definition) is 4. The highest BCUT2D eigenvalue weighted by Crippen LogP contribution is 2.21. The minimum Gasteiger partial charge on any atom is -0.352 e. The van der Waals surface area contributed by atoms with Crippen LogP contribution in [0.5, 0.6) is 0 Å². The van der Waals surface area contributed by atoms with E-state index in [2.05, 4.69) is 10.2 Å². The van der Waals surface area contributed by atoms with Gasteiger partial charge in [-0.15, -0.1) is 0 Å². The normalized spacial score (nSPS) is 21.8. The molecule has 2 aliphatic rings. The van der Waals surface area contributed by atoms with Crippen LogP contribution in [0.25, 0.3) is 0 Å². The summed E-state index contributed by atoms with van der Waals surface area (Å²) in [5.41, 5.74) is 0. The summed E-state index contributed by atoms with van der Waals surface area (Å²) >= 11 is 5.86. The Kier molecular flexibility index (Phi) is 7.36. The molecule has 156 valence electrons. The summed E-state index contributed by atoms with van der Waals surface area (Å²) in [4.78, 5) is 15.0. The van der Waals surface area contributed by atoms with Crippen molar-refractivity contribution in [1.29, 1.82) is 0 Å². The maximum absolute atomic E-state index is 12.8. The van der Waals surface area contributed by atoms with Gasteiger partial charge in [-0.25, -0.2) is 8.42 Å². The van der Waals surface area contributed by atoms with E-state index < -0.39 is 10.0 Å². The molecule has 1 amide bonds. The third-order valence-corrected chi connectivity index (χ3v) is 8.02. The maximum atomic E-state index is 12.8. The van der Waals surface area contributed by atoms with Gasteiger partial charge in [0.25, 0.3) is 0 Å². The van der Waals surface area contributed by atoms with Gasteiger partial charge in [-0.3, -0.25) is 9.69 Å². The fourth-order valence-corrected chi connectivity index (χ4v) is 5.55. The summed E-state index contributed by atoms with van der Waals surface area (Å²) in [5.74, 6) is 0.0564. The van der Waals surface area contributed by atoms with Crippen LogP contribution in [0.3, 0.4) is 0 Å². The molecule has 0 bridgehead atoms. The Bertz CT molecular complexity index is 753. The number of carbonyl (C=O) groups excluding carboxylic acids is 1. The highest BCUT2D eigenvalue weighted by molar-refractivity contribution is 7.89. The highest BCUT2D eigenvalue weighted by atomic mass is 35.5. The fraction of sp³-hybridized carbons (Fsp3) is 0.650. The quantitative estimate of drug-likeness (QED) is 0.733. The van der Waals surface area contributed by atoms with Crippen molar-refractivity contribution in [1.82, 2.24) is 14.5 Å². The first-order chi connectivity index (χ1) is 13.4. The zero-order valence-corrected chi connectivity index (χ0v) is 18.0. The molecule has 1 atom stereocenters. The van der Waals surface area contributed by atoms with Gasteiger partial charge < -0.3 is 5.32 Å². The smallest absolute Gasteiger partial charge is 0.243 e. The fourth-order valence-electron chi connectivity index (χ4n) is 4.00. The lowest BCUT2D eigenvalue weighted by Crippen LogP contribution is -2.55. The lowest BCUT2D eigenvalue weighted by molar-refractivity contribution is -0.127. The molecular weight excluding hydrogens is 398 g/mol. The minimum atomic E-state index is -3.53. The van der Waals surface area contributed by atoms with E-state index in [9.17, 15) is 13.2 Å². The molecule has 1 heterocycles. The first-order valence-electron chi connectivity index (χ1n) is 10.2. The summed E-state index contributed by atoms with van der Waals surface area (Å²) in [5, 5.41) is 3.71. The van der Waals surface area contributed by atoms with E-state index in [0.717, 1.165) is 12.8 Å². The molecule has 1 aromatic carbocycles. The van der Waals surface area contributed by atoms with Crippen molar-refractivity contribution >= 4 is 27.5 Å². The molecule has 1 N–H and O–H groups in total. The van der Waals surface area contributed by atoms with E-state index in [4.69, 9.17) is 11.6 Å². The molecule has 28 heavy (non-hydrogen) atoms. The zero-order valence-electron chi connectivity index (χ0n) is 16.4. The van der Waals surface area contributed by atoms with Crippen LogP contribution >= 0.6 is 11.6 Å². The predicted molar refractivity (Wildman–Crippen MR) is 111 cm³/mol. The topological polar surface area (TPSA) is 69.7 Å². The second kappa shape index (κ2) is 9.57. The predicted octanol–water partition coefficient (Wildman–Crippen LogP) is 2.87. The molecule has 0 aromatic heterocycles. The number of carbonyl (C=O) groups is 1. The Balaban J connectivity index is 1.53. The average Bonchev–Trinajstić information content (AvgIpc) is 2.96.